The first kappa shape index (κ1) is 17.4. The van der Waals surface area contributed by atoms with Crippen molar-refractivity contribution in [2.45, 2.75) is 71.1 Å². The number of carbonyl (C=O) groups is 1. The van der Waals surface area contributed by atoms with Crippen LogP contribution in [0.5, 0.6) is 0 Å². The van der Waals surface area contributed by atoms with Gasteiger partial charge in [-0.15, -0.1) is 0 Å². The lowest BCUT2D eigenvalue weighted by atomic mass is 10.0. The number of halogens is 1. The molecule has 0 saturated carbocycles. The molecule has 1 nitrogen and oxygen atoms in total. The molecule has 0 aliphatic rings. The van der Waals surface area contributed by atoms with Crippen molar-refractivity contribution in [3.8, 4) is 0 Å². The lowest BCUT2D eigenvalue weighted by molar-refractivity contribution is 0.0979. The first-order chi connectivity index (χ1) is 9.74. The van der Waals surface area contributed by atoms with Crippen LogP contribution in [0.4, 0.5) is 0 Å². The van der Waals surface area contributed by atoms with Crippen molar-refractivity contribution in [2.24, 2.45) is 0 Å². The van der Waals surface area contributed by atoms with Gasteiger partial charge in [0, 0.05) is 16.5 Å². The molecule has 0 heterocycles. The summed E-state index contributed by atoms with van der Waals surface area (Å²) in [6.07, 6.45) is 12.3. The molecule has 0 unspecified atom stereocenters. The first-order valence-electron chi connectivity index (χ1n) is 8.03. The van der Waals surface area contributed by atoms with Gasteiger partial charge in [0.15, 0.2) is 5.78 Å². The van der Waals surface area contributed by atoms with Crippen LogP contribution in [0, 0.1) is 0 Å². The summed E-state index contributed by atoms with van der Waals surface area (Å²) in [5.74, 6) is 0.272. The van der Waals surface area contributed by atoms with Crippen molar-refractivity contribution in [1.82, 2.24) is 0 Å². The number of ketones is 1. The van der Waals surface area contributed by atoms with Gasteiger partial charge in [0.25, 0.3) is 0 Å². The fourth-order valence-corrected chi connectivity index (χ4v) is 2.80. The second kappa shape index (κ2) is 11.1. The van der Waals surface area contributed by atoms with Crippen LogP contribution in [0.1, 0.15) is 81.5 Å². The maximum absolute atomic E-state index is 12.0. The van der Waals surface area contributed by atoms with E-state index >= 15 is 0 Å². The third-order valence-corrected chi connectivity index (χ3v) is 4.15. The van der Waals surface area contributed by atoms with E-state index in [1.165, 1.54) is 51.4 Å². The molecule has 0 radical (unpaired) electrons. The molecule has 1 aromatic rings. The van der Waals surface area contributed by atoms with Crippen LogP contribution in [0.15, 0.2) is 28.7 Å². The highest BCUT2D eigenvalue weighted by Crippen LogP contribution is 2.15. The molecule has 1 aromatic carbocycles. The smallest absolute Gasteiger partial charge is 0.162 e. The second-order valence-corrected chi connectivity index (χ2v) is 6.43. The number of hydrogen-bond donors (Lipinski definition) is 0. The van der Waals surface area contributed by atoms with Crippen LogP contribution in [0.25, 0.3) is 0 Å². The Hall–Kier alpha value is -0.630. The molecule has 0 saturated heterocycles. The molecule has 0 N–H and O–H groups in total. The summed E-state index contributed by atoms with van der Waals surface area (Å²) in [6, 6.07) is 7.69. The standard InChI is InChI=1S/C18H27BrO/c1-2-3-4-5-6-7-8-9-10-14-18(20)16-12-11-13-17(19)15-16/h11-13,15H,2-10,14H2,1H3. The van der Waals surface area contributed by atoms with Crippen molar-refractivity contribution in [3.63, 3.8) is 0 Å². The van der Waals surface area contributed by atoms with Crippen LogP contribution in [-0.4, -0.2) is 5.78 Å². The molecular weight excluding hydrogens is 312 g/mol. The van der Waals surface area contributed by atoms with Crippen LogP contribution in [0.2, 0.25) is 0 Å². The number of benzene rings is 1. The molecule has 1 rings (SSSR count). The zero-order chi connectivity index (χ0) is 14.6. The molecule has 20 heavy (non-hydrogen) atoms. The van der Waals surface area contributed by atoms with Gasteiger partial charge in [-0.25, -0.2) is 0 Å². The summed E-state index contributed by atoms with van der Waals surface area (Å²) in [7, 11) is 0. The molecule has 0 bridgehead atoms. The number of rotatable bonds is 11. The summed E-state index contributed by atoms with van der Waals surface area (Å²) < 4.78 is 0.982. The summed E-state index contributed by atoms with van der Waals surface area (Å²) in [6.45, 7) is 2.25. The highest BCUT2D eigenvalue weighted by molar-refractivity contribution is 9.10. The van der Waals surface area contributed by atoms with Gasteiger partial charge in [0.05, 0.1) is 0 Å². The zero-order valence-electron chi connectivity index (χ0n) is 12.7. The molecule has 0 amide bonds. The number of Topliss-reactive ketones (excluding diaryl/α,β-unsaturated/α-hetero) is 1. The Morgan fingerprint density at radius 1 is 0.950 bits per heavy atom. The Balaban J connectivity index is 2.02. The maximum Gasteiger partial charge on any atom is 0.162 e. The van der Waals surface area contributed by atoms with E-state index in [0.717, 1.165) is 16.5 Å². The monoisotopic (exact) mass is 338 g/mol. The van der Waals surface area contributed by atoms with E-state index in [2.05, 4.69) is 22.9 Å². The summed E-state index contributed by atoms with van der Waals surface area (Å²) in [5, 5.41) is 0. The van der Waals surface area contributed by atoms with Gasteiger partial charge < -0.3 is 0 Å². The molecule has 0 aliphatic carbocycles. The highest BCUT2D eigenvalue weighted by atomic mass is 79.9. The van der Waals surface area contributed by atoms with E-state index in [0.29, 0.717) is 6.42 Å². The van der Waals surface area contributed by atoms with Crippen molar-refractivity contribution in [2.75, 3.05) is 0 Å². The Kier molecular flexibility index (Phi) is 9.65. The van der Waals surface area contributed by atoms with Crippen molar-refractivity contribution in [1.29, 1.82) is 0 Å². The largest absolute Gasteiger partial charge is 0.294 e. The van der Waals surface area contributed by atoms with Crippen LogP contribution >= 0.6 is 15.9 Å². The molecule has 0 aliphatic heterocycles. The van der Waals surface area contributed by atoms with Gasteiger partial charge in [0.2, 0.25) is 0 Å². The average Bonchev–Trinajstić information content (AvgIpc) is 2.45. The summed E-state index contributed by atoms with van der Waals surface area (Å²) in [4.78, 5) is 12.0. The Morgan fingerprint density at radius 3 is 2.15 bits per heavy atom. The second-order valence-electron chi connectivity index (χ2n) is 5.51. The van der Waals surface area contributed by atoms with Crippen molar-refractivity contribution < 1.29 is 4.79 Å². The normalized spacial score (nSPS) is 10.7. The minimum atomic E-state index is 0.272. The van der Waals surface area contributed by atoms with Crippen molar-refractivity contribution >= 4 is 21.7 Å². The SMILES string of the molecule is CCCCCCCCCCCC(=O)c1cccc(Br)c1. The van der Waals surface area contributed by atoms with E-state index in [-0.39, 0.29) is 5.78 Å². The fraction of sp³-hybridized carbons (Fsp3) is 0.611. The quantitative estimate of drug-likeness (QED) is 0.330. The predicted octanol–water partition coefficient (Wildman–Crippen LogP) is 6.55. The Bertz CT molecular complexity index is 387. The van der Waals surface area contributed by atoms with Gasteiger partial charge in [-0.05, 0) is 18.6 Å². The molecule has 0 aromatic heterocycles. The van der Waals surface area contributed by atoms with Gasteiger partial charge in [-0.3, -0.25) is 4.79 Å². The lowest BCUT2D eigenvalue weighted by Crippen LogP contribution is -1.98. The predicted molar refractivity (Wildman–Crippen MR) is 90.3 cm³/mol. The van der Waals surface area contributed by atoms with Crippen LogP contribution in [0.3, 0.4) is 0 Å². The number of hydrogen-bond acceptors (Lipinski definition) is 1. The molecule has 2 heteroatoms. The van der Waals surface area contributed by atoms with E-state index in [4.69, 9.17) is 0 Å². The molecular formula is C18H27BrO. The lowest BCUT2D eigenvalue weighted by Gasteiger charge is -2.03. The number of carbonyl (C=O) groups excluding carboxylic acids is 1. The minimum Gasteiger partial charge on any atom is -0.294 e. The number of unbranched alkanes of at least 4 members (excludes halogenated alkanes) is 8. The summed E-state index contributed by atoms with van der Waals surface area (Å²) >= 11 is 3.41. The third kappa shape index (κ3) is 7.84. The molecule has 112 valence electrons. The third-order valence-electron chi connectivity index (χ3n) is 3.65. The van der Waals surface area contributed by atoms with Gasteiger partial charge in [-0.1, -0.05) is 86.4 Å². The van der Waals surface area contributed by atoms with E-state index < -0.39 is 0 Å². The van der Waals surface area contributed by atoms with Crippen LogP contribution in [-0.2, 0) is 0 Å². The topological polar surface area (TPSA) is 17.1 Å². The van der Waals surface area contributed by atoms with Crippen molar-refractivity contribution in [3.05, 3.63) is 34.3 Å². The fourth-order valence-electron chi connectivity index (χ4n) is 2.40. The Labute approximate surface area is 132 Å². The van der Waals surface area contributed by atoms with Crippen LogP contribution < -0.4 is 0 Å². The van der Waals surface area contributed by atoms with E-state index in [9.17, 15) is 4.79 Å². The molecule has 0 spiro atoms. The Morgan fingerprint density at radius 2 is 1.55 bits per heavy atom. The van der Waals surface area contributed by atoms with Gasteiger partial charge in [0.1, 0.15) is 0 Å². The van der Waals surface area contributed by atoms with E-state index in [1.807, 2.05) is 24.3 Å². The van der Waals surface area contributed by atoms with E-state index in [1.54, 1.807) is 0 Å². The highest BCUT2D eigenvalue weighted by Gasteiger charge is 2.05. The van der Waals surface area contributed by atoms with Gasteiger partial charge in [-0.2, -0.15) is 0 Å². The average molecular weight is 339 g/mol. The zero-order valence-corrected chi connectivity index (χ0v) is 14.3. The first-order valence-corrected chi connectivity index (χ1v) is 8.82. The summed E-state index contributed by atoms with van der Waals surface area (Å²) in [5.41, 5.74) is 0.832. The minimum absolute atomic E-state index is 0.272. The maximum atomic E-state index is 12.0. The molecule has 0 atom stereocenters. The van der Waals surface area contributed by atoms with Gasteiger partial charge >= 0.3 is 0 Å². The molecule has 0 fully saturated rings.